The Morgan fingerprint density at radius 1 is 1.00 bits per heavy atom. The van der Waals surface area contributed by atoms with Gasteiger partial charge in [0.05, 0.1) is 7.11 Å². The minimum absolute atomic E-state index is 0. The monoisotopic (exact) mass is 554 g/mol. The Morgan fingerprint density at radius 2 is 1.62 bits per heavy atom. The highest BCUT2D eigenvalue weighted by molar-refractivity contribution is 14.0. The highest BCUT2D eigenvalue weighted by Crippen LogP contribution is 2.32. The number of amides is 1. The number of hydrogen-bond acceptors (Lipinski definition) is 5. The molecule has 2 aromatic rings. The molecule has 0 aliphatic carbocycles. The molecule has 0 radical (unpaired) electrons. The lowest BCUT2D eigenvalue weighted by molar-refractivity contribution is -0.127. The van der Waals surface area contributed by atoms with Crippen LogP contribution in [0.5, 0.6) is 17.2 Å². The number of ether oxygens (including phenoxy) is 3. The summed E-state index contributed by atoms with van der Waals surface area (Å²) in [6.07, 6.45) is 1.62. The van der Waals surface area contributed by atoms with Crippen LogP contribution in [0.1, 0.15) is 11.1 Å². The molecule has 8 nitrogen and oxygen atoms in total. The van der Waals surface area contributed by atoms with Crippen molar-refractivity contribution in [2.24, 2.45) is 4.99 Å². The zero-order valence-corrected chi connectivity index (χ0v) is 21.1. The molecule has 174 valence electrons. The number of guanidine groups is 1. The van der Waals surface area contributed by atoms with Crippen molar-refractivity contribution >= 4 is 35.8 Å². The number of nitrogens with zero attached hydrogens (tertiary/aromatic N) is 2. The van der Waals surface area contributed by atoms with Gasteiger partial charge in [-0.05, 0) is 48.2 Å². The number of likely N-dealkylation sites (N-methyl/N-ethyl adjacent to an activating group) is 1. The zero-order valence-electron chi connectivity index (χ0n) is 18.7. The second-order valence-corrected chi connectivity index (χ2v) is 7.34. The van der Waals surface area contributed by atoms with E-state index >= 15 is 0 Å². The molecular weight excluding hydrogens is 523 g/mol. The Balaban J connectivity index is 0.00000363. The predicted octanol–water partition coefficient (Wildman–Crippen LogP) is 2.45. The van der Waals surface area contributed by atoms with Gasteiger partial charge in [0.15, 0.2) is 17.5 Å². The summed E-state index contributed by atoms with van der Waals surface area (Å²) in [7, 11) is 5.10. The Hall–Kier alpha value is -2.69. The van der Waals surface area contributed by atoms with Crippen LogP contribution in [0.15, 0.2) is 47.5 Å². The number of fused-ring (bicyclic) bond motifs is 1. The van der Waals surface area contributed by atoms with Crippen molar-refractivity contribution in [1.29, 1.82) is 0 Å². The van der Waals surface area contributed by atoms with E-state index in [-0.39, 0.29) is 43.2 Å². The van der Waals surface area contributed by atoms with Crippen molar-refractivity contribution < 1.29 is 19.0 Å². The van der Waals surface area contributed by atoms with Gasteiger partial charge in [-0.25, -0.2) is 4.99 Å². The van der Waals surface area contributed by atoms with Gasteiger partial charge in [0.2, 0.25) is 12.7 Å². The second kappa shape index (κ2) is 13.0. The van der Waals surface area contributed by atoms with Gasteiger partial charge in [-0.1, -0.05) is 18.2 Å². The lowest BCUT2D eigenvalue weighted by Gasteiger charge is -2.14. The van der Waals surface area contributed by atoms with E-state index in [0.29, 0.717) is 19.0 Å². The van der Waals surface area contributed by atoms with Crippen molar-refractivity contribution in [3.05, 3.63) is 53.6 Å². The van der Waals surface area contributed by atoms with Crippen molar-refractivity contribution in [1.82, 2.24) is 15.5 Å². The first kappa shape index (κ1) is 25.6. The number of nitrogens with one attached hydrogen (secondary N) is 2. The maximum Gasteiger partial charge on any atom is 0.243 e. The van der Waals surface area contributed by atoms with Crippen LogP contribution in [-0.2, 0) is 17.6 Å². The zero-order chi connectivity index (χ0) is 22.1. The van der Waals surface area contributed by atoms with E-state index in [9.17, 15) is 4.79 Å². The average Bonchev–Trinajstić information content (AvgIpc) is 3.25. The van der Waals surface area contributed by atoms with Gasteiger partial charge < -0.3 is 29.7 Å². The fraction of sp³-hybridized carbons (Fsp3) is 0.391. The Morgan fingerprint density at radius 3 is 2.28 bits per heavy atom. The summed E-state index contributed by atoms with van der Waals surface area (Å²) in [5, 5.41) is 6.62. The SMILES string of the molecule is COc1ccc(CCNC(=NCC(=O)N(C)C)NCCc2ccc3c(c2)OCO3)cc1.I. The molecule has 32 heavy (non-hydrogen) atoms. The van der Waals surface area contributed by atoms with Crippen LogP contribution < -0.4 is 24.8 Å². The predicted molar refractivity (Wildman–Crippen MR) is 135 cm³/mol. The normalized spacial score (nSPS) is 12.0. The summed E-state index contributed by atoms with van der Waals surface area (Å²) in [5.74, 6) is 2.96. The summed E-state index contributed by atoms with van der Waals surface area (Å²) < 4.78 is 16.0. The molecule has 0 fully saturated rings. The molecule has 0 aromatic heterocycles. The molecule has 0 atom stereocenters. The standard InChI is InChI=1S/C23H30N4O4.HI/c1-27(2)22(28)15-26-23(24-12-10-17-4-7-19(29-3)8-5-17)25-13-11-18-6-9-20-21(14-18)31-16-30-20;/h4-9,14H,10-13,15-16H2,1-3H3,(H2,24,25,26);1H. The molecule has 2 N–H and O–H groups in total. The van der Waals surface area contributed by atoms with E-state index in [1.54, 1.807) is 21.2 Å². The first-order valence-electron chi connectivity index (χ1n) is 10.3. The van der Waals surface area contributed by atoms with Crippen LogP contribution in [0.3, 0.4) is 0 Å². The van der Waals surface area contributed by atoms with Gasteiger partial charge >= 0.3 is 0 Å². The number of benzene rings is 2. The van der Waals surface area contributed by atoms with Gasteiger partial charge in [-0.3, -0.25) is 4.79 Å². The van der Waals surface area contributed by atoms with Gasteiger partial charge in [0.25, 0.3) is 0 Å². The van der Waals surface area contributed by atoms with Crippen molar-refractivity contribution in [3.8, 4) is 17.2 Å². The lowest BCUT2D eigenvalue weighted by atomic mass is 10.1. The highest BCUT2D eigenvalue weighted by Gasteiger charge is 2.13. The molecule has 0 unspecified atom stereocenters. The number of carbonyl (C=O) groups is 1. The van der Waals surface area contributed by atoms with E-state index in [1.807, 2.05) is 42.5 Å². The van der Waals surface area contributed by atoms with E-state index in [2.05, 4.69) is 15.6 Å². The van der Waals surface area contributed by atoms with Crippen LogP contribution in [0.2, 0.25) is 0 Å². The molecule has 1 aliphatic heterocycles. The summed E-state index contributed by atoms with van der Waals surface area (Å²) >= 11 is 0. The third-order valence-corrected chi connectivity index (χ3v) is 4.88. The maximum atomic E-state index is 11.9. The molecule has 2 aromatic carbocycles. The molecule has 1 heterocycles. The first-order valence-corrected chi connectivity index (χ1v) is 10.3. The van der Waals surface area contributed by atoms with Gasteiger partial charge in [0.1, 0.15) is 12.3 Å². The van der Waals surface area contributed by atoms with Gasteiger partial charge in [-0.2, -0.15) is 0 Å². The number of carbonyl (C=O) groups excluding carboxylic acids is 1. The largest absolute Gasteiger partial charge is 0.497 e. The van der Waals surface area contributed by atoms with Crippen molar-refractivity contribution in [2.75, 3.05) is 47.6 Å². The number of rotatable bonds is 9. The van der Waals surface area contributed by atoms with Gasteiger partial charge in [-0.15, -0.1) is 24.0 Å². The Bertz CT molecular complexity index is 903. The topological polar surface area (TPSA) is 84.4 Å². The highest BCUT2D eigenvalue weighted by atomic mass is 127. The summed E-state index contributed by atoms with van der Waals surface area (Å²) in [6.45, 7) is 1.73. The van der Waals surface area contributed by atoms with E-state index in [4.69, 9.17) is 14.2 Å². The molecule has 1 amide bonds. The minimum atomic E-state index is -0.0491. The second-order valence-electron chi connectivity index (χ2n) is 7.34. The molecule has 0 saturated heterocycles. The molecule has 9 heteroatoms. The fourth-order valence-electron chi connectivity index (χ4n) is 3.00. The molecular formula is C23H31IN4O4. The number of methoxy groups -OCH3 is 1. The minimum Gasteiger partial charge on any atom is -0.497 e. The third kappa shape index (κ3) is 7.77. The summed E-state index contributed by atoms with van der Waals surface area (Å²) in [5.41, 5.74) is 2.33. The molecule has 1 aliphatic rings. The number of halogens is 1. The van der Waals surface area contributed by atoms with Crippen LogP contribution in [0.4, 0.5) is 0 Å². The van der Waals surface area contributed by atoms with Gasteiger partial charge in [0, 0.05) is 27.2 Å². The first-order chi connectivity index (χ1) is 15.0. The van der Waals surface area contributed by atoms with Crippen molar-refractivity contribution in [3.63, 3.8) is 0 Å². The smallest absolute Gasteiger partial charge is 0.243 e. The van der Waals surface area contributed by atoms with Crippen LogP contribution in [0.25, 0.3) is 0 Å². The summed E-state index contributed by atoms with van der Waals surface area (Å²) in [6, 6.07) is 13.9. The molecule has 3 rings (SSSR count). The maximum absolute atomic E-state index is 11.9. The fourth-order valence-corrected chi connectivity index (χ4v) is 3.00. The molecule has 0 spiro atoms. The Labute approximate surface area is 206 Å². The molecule has 0 saturated carbocycles. The quantitative estimate of drug-likeness (QED) is 0.282. The van der Waals surface area contributed by atoms with E-state index < -0.39 is 0 Å². The van der Waals surface area contributed by atoms with Crippen LogP contribution in [0, 0.1) is 0 Å². The summed E-state index contributed by atoms with van der Waals surface area (Å²) in [4.78, 5) is 17.9. The van der Waals surface area contributed by atoms with Crippen molar-refractivity contribution in [2.45, 2.75) is 12.8 Å². The third-order valence-electron chi connectivity index (χ3n) is 4.88. The van der Waals surface area contributed by atoms with Crippen LogP contribution >= 0.6 is 24.0 Å². The lowest BCUT2D eigenvalue weighted by Crippen LogP contribution is -2.40. The van der Waals surface area contributed by atoms with E-state index in [0.717, 1.165) is 35.7 Å². The number of aliphatic imine (C=N–C) groups is 1. The van der Waals surface area contributed by atoms with Crippen LogP contribution in [-0.4, -0.2) is 64.4 Å². The Kier molecular flexibility index (Phi) is 10.4. The average molecular weight is 554 g/mol. The van der Waals surface area contributed by atoms with E-state index in [1.165, 1.54) is 10.5 Å². The number of hydrogen-bond donors (Lipinski definition) is 2. The molecule has 0 bridgehead atoms.